The van der Waals surface area contributed by atoms with E-state index in [4.69, 9.17) is 5.73 Å². The van der Waals surface area contributed by atoms with Crippen molar-refractivity contribution in [3.63, 3.8) is 0 Å². The van der Waals surface area contributed by atoms with Gasteiger partial charge in [-0.25, -0.2) is 4.98 Å². The molecular formula is C22H24N4O2. The molecule has 2 aliphatic rings. The van der Waals surface area contributed by atoms with Crippen molar-refractivity contribution in [1.82, 2.24) is 14.7 Å². The molecule has 3 aromatic rings. The summed E-state index contributed by atoms with van der Waals surface area (Å²) in [6.07, 6.45) is 7.67. The second kappa shape index (κ2) is 6.71. The highest BCUT2D eigenvalue weighted by Gasteiger charge is 2.25. The van der Waals surface area contributed by atoms with E-state index in [2.05, 4.69) is 16.4 Å². The monoisotopic (exact) mass is 376 g/mol. The van der Waals surface area contributed by atoms with Crippen molar-refractivity contribution < 1.29 is 4.79 Å². The van der Waals surface area contributed by atoms with E-state index < -0.39 is 0 Å². The van der Waals surface area contributed by atoms with E-state index >= 15 is 0 Å². The van der Waals surface area contributed by atoms with Gasteiger partial charge in [0.25, 0.3) is 11.5 Å². The van der Waals surface area contributed by atoms with Gasteiger partial charge in [-0.15, -0.1) is 0 Å². The molecule has 0 unspecified atom stereocenters. The van der Waals surface area contributed by atoms with E-state index in [-0.39, 0.29) is 23.6 Å². The van der Waals surface area contributed by atoms with E-state index in [0.717, 1.165) is 25.7 Å². The van der Waals surface area contributed by atoms with Gasteiger partial charge >= 0.3 is 0 Å². The molecule has 2 saturated carbocycles. The van der Waals surface area contributed by atoms with Gasteiger partial charge in [-0.2, -0.15) is 0 Å². The zero-order valence-corrected chi connectivity index (χ0v) is 15.7. The van der Waals surface area contributed by atoms with Gasteiger partial charge in [-0.1, -0.05) is 6.07 Å². The smallest absolute Gasteiger partial charge is 0.265 e. The van der Waals surface area contributed by atoms with Gasteiger partial charge in [0.2, 0.25) is 0 Å². The molecule has 1 aromatic carbocycles. The van der Waals surface area contributed by atoms with Gasteiger partial charge in [0.05, 0.1) is 16.5 Å². The van der Waals surface area contributed by atoms with E-state index in [1.54, 1.807) is 18.3 Å². The van der Waals surface area contributed by atoms with E-state index in [0.29, 0.717) is 28.0 Å². The molecule has 0 aliphatic heterocycles. The molecule has 3 N–H and O–H groups in total. The summed E-state index contributed by atoms with van der Waals surface area (Å²) in [7, 11) is 0. The number of nitrogens with zero attached hydrogens (tertiary/aromatic N) is 2. The minimum atomic E-state index is -0.181. The fourth-order valence-corrected chi connectivity index (χ4v) is 4.22. The maximum absolute atomic E-state index is 13.1. The third-order valence-corrected chi connectivity index (χ3v) is 6.06. The van der Waals surface area contributed by atoms with Crippen LogP contribution in [-0.4, -0.2) is 27.4 Å². The normalized spacial score (nSPS) is 22.5. The molecule has 2 aromatic heterocycles. The van der Waals surface area contributed by atoms with Crippen molar-refractivity contribution in [2.75, 3.05) is 0 Å². The highest BCUT2D eigenvalue weighted by Crippen LogP contribution is 2.40. The number of hydrogen-bond donors (Lipinski definition) is 2. The number of carbonyl (C=O) groups is 1. The maximum atomic E-state index is 13.1. The van der Waals surface area contributed by atoms with Gasteiger partial charge in [0.1, 0.15) is 0 Å². The molecule has 6 nitrogen and oxygen atoms in total. The Morgan fingerprint density at radius 1 is 1.11 bits per heavy atom. The minimum absolute atomic E-state index is 0.124. The zero-order chi connectivity index (χ0) is 19.3. The van der Waals surface area contributed by atoms with Crippen molar-refractivity contribution >= 4 is 22.5 Å². The first-order valence-corrected chi connectivity index (χ1v) is 10.1. The molecule has 5 rings (SSSR count). The number of pyridine rings is 1. The first-order chi connectivity index (χ1) is 13.6. The lowest BCUT2D eigenvalue weighted by molar-refractivity contribution is 0.0927. The number of fused-ring (bicyclic) bond motifs is 2. The molecule has 0 spiro atoms. The fraction of sp³-hybridized carbons (Fsp3) is 0.409. The SMILES string of the molecule is NC1CCC(NC(=O)c2cccn3c(=O)c4cc(C5CC5)ccc4nc23)CC1. The standard InChI is InChI=1S/C22H24N4O2/c23-15-6-8-16(9-7-15)24-21(27)17-2-1-11-26-20(17)25-19-10-5-14(13-3-4-13)12-18(19)22(26)28/h1-2,5,10-13,15-16H,3-4,6-9,23H2,(H,24,27). The summed E-state index contributed by atoms with van der Waals surface area (Å²) in [6, 6.07) is 9.75. The number of nitrogens with two attached hydrogens (primary N) is 1. The summed E-state index contributed by atoms with van der Waals surface area (Å²) in [5.74, 6) is 0.393. The molecule has 0 bridgehead atoms. The Bertz CT molecular complexity index is 1120. The highest BCUT2D eigenvalue weighted by atomic mass is 16.2. The quantitative estimate of drug-likeness (QED) is 0.688. The maximum Gasteiger partial charge on any atom is 0.265 e. The zero-order valence-electron chi connectivity index (χ0n) is 15.7. The van der Waals surface area contributed by atoms with Crippen LogP contribution in [0.25, 0.3) is 16.6 Å². The molecule has 0 atom stereocenters. The Hall–Kier alpha value is -2.73. The van der Waals surface area contributed by atoms with Crippen LogP contribution in [0.2, 0.25) is 0 Å². The number of carbonyl (C=O) groups excluding carboxylic acids is 1. The van der Waals surface area contributed by atoms with Crippen molar-refractivity contribution in [3.05, 3.63) is 58.0 Å². The summed E-state index contributed by atoms with van der Waals surface area (Å²) in [4.78, 5) is 30.6. The Labute approximate surface area is 162 Å². The molecular weight excluding hydrogens is 352 g/mol. The number of nitrogens with one attached hydrogen (secondary N) is 1. The minimum Gasteiger partial charge on any atom is -0.349 e. The number of hydrogen-bond acceptors (Lipinski definition) is 4. The third-order valence-electron chi connectivity index (χ3n) is 6.06. The van der Waals surface area contributed by atoms with Crippen LogP contribution in [0.1, 0.15) is 60.4 Å². The third kappa shape index (κ3) is 3.07. The van der Waals surface area contributed by atoms with Crippen LogP contribution >= 0.6 is 0 Å². The lowest BCUT2D eigenvalue weighted by Gasteiger charge is -2.26. The second-order valence-corrected chi connectivity index (χ2v) is 8.17. The van der Waals surface area contributed by atoms with E-state index in [1.807, 2.05) is 12.1 Å². The van der Waals surface area contributed by atoms with Gasteiger partial charge in [-0.05, 0) is 74.3 Å². The van der Waals surface area contributed by atoms with Crippen molar-refractivity contribution in [1.29, 1.82) is 0 Å². The van der Waals surface area contributed by atoms with E-state index in [1.165, 1.54) is 22.8 Å². The van der Waals surface area contributed by atoms with Crippen molar-refractivity contribution in [2.24, 2.45) is 5.73 Å². The average Bonchev–Trinajstić information content (AvgIpc) is 3.55. The van der Waals surface area contributed by atoms with Crippen LogP contribution in [0, 0.1) is 0 Å². The Kier molecular flexibility index (Phi) is 4.16. The largest absolute Gasteiger partial charge is 0.349 e. The van der Waals surface area contributed by atoms with Gasteiger partial charge in [-0.3, -0.25) is 14.0 Å². The molecule has 0 saturated heterocycles. The number of benzene rings is 1. The fourth-order valence-electron chi connectivity index (χ4n) is 4.22. The molecule has 1 amide bonds. The van der Waals surface area contributed by atoms with Crippen LogP contribution in [0.4, 0.5) is 0 Å². The summed E-state index contributed by atoms with van der Waals surface area (Å²) in [6.45, 7) is 0. The van der Waals surface area contributed by atoms with Crippen LogP contribution in [-0.2, 0) is 0 Å². The first-order valence-electron chi connectivity index (χ1n) is 10.1. The van der Waals surface area contributed by atoms with Crippen LogP contribution < -0.4 is 16.6 Å². The number of rotatable bonds is 3. The molecule has 144 valence electrons. The Morgan fingerprint density at radius 3 is 2.64 bits per heavy atom. The van der Waals surface area contributed by atoms with Crippen LogP contribution in [0.5, 0.6) is 0 Å². The van der Waals surface area contributed by atoms with Crippen molar-refractivity contribution in [3.8, 4) is 0 Å². The number of aromatic nitrogens is 2. The first kappa shape index (κ1) is 17.4. The topological polar surface area (TPSA) is 89.5 Å². The second-order valence-electron chi connectivity index (χ2n) is 8.17. The van der Waals surface area contributed by atoms with Gasteiger partial charge in [0.15, 0.2) is 5.65 Å². The average molecular weight is 376 g/mol. The lowest BCUT2D eigenvalue weighted by Crippen LogP contribution is -2.40. The van der Waals surface area contributed by atoms with Gasteiger partial charge < -0.3 is 11.1 Å². The predicted molar refractivity (Wildman–Crippen MR) is 109 cm³/mol. The van der Waals surface area contributed by atoms with Crippen molar-refractivity contribution in [2.45, 2.75) is 56.5 Å². The number of amides is 1. The molecule has 6 heteroatoms. The highest BCUT2D eigenvalue weighted by molar-refractivity contribution is 6.00. The summed E-state index contributed by atoms with van der Waals surface area (Å²) in [5, 5.41) is 3.71. The lowest BCUT2D eigenvalue weighted by atomic mass is 9.91. The predicted octanol–water partition coefficient (Wildman–Crippen LogP) is 2.72. The molecule has 0 radical (unpaired) electrons. The Balaban J connectivity index is 1.54. The molecule has 2 fully saturated rings. The van der Waals surface area contributed by atoms with Crippen LogP contribution in [0.15, 0.2) is 41.3 Å². The Morgan fingerprint density at radius 2 is 1.89 bits per heavy atom. The summed E-state index contributed by atoms with van der Waals surface area (Å²) in [5.41, 5.74) is 8.51. The van der Waals surface area contributed by atoms with Gasteiger partial charge in [0, 0.05) is 18.3 Å². The molecule has 2 heterocycles. The summed E-state index contributed by atoms with van der Waals surface area (Å²) >= 11 is 0. The van der Waals surface area contributed by atoms with E-state index in [9.17, 15) is 9.59 Å². The molecule has 28 heavy (non-hydrogen) atoms. The van der Waals surface area contributed by atoms with Crippen LogP contribution in [0.3, 0.4) is 0 Å². The molecule has 2 aliphatic carbocycles. The summed E-state index contributed by atoms with van der Waals surface area (Å²) < 4.78 is 1.49.